The summed E-state index contributed by atoms with van der Waals surface area (Å²) in [7, 11) is 0. The highest BCUT2D eigenvalue weighted by atomic mass is 14.9. The second-order valence-electron chi connectivity index (χ2n) is 5.53. The van der Waals surface area contributed by atoms with Crippen molar-refractivity contribution in [2.45, 2.75) is 65.8 Å². The molecular weight excluding hydrogens is 194 g/mol. The van der Waals surface area contributed by atoms with Gasteiger partial charge in [-0.1, -0.05) is 44.8 Å². The van der Waals surface area contributed by atoms with Gasteiger partial charge >= 0.3 is 0 Å². The summed E-state index contributed by atoms with van der Waals surface area (Å²) in [6.07, 6.45) is 9.54. The first-order chi connectivity index (χ1) is 7.67. The van der Waals surface area contributed by atoms with Crippen LogP contribution in [0.1, 0.15) is 59.8 Å². The highest BCUT2D eigenvalue weighted by Gasteiger charge is 2.25. The van der Waals surface area contributed by atoms with Crippen molar-refractivity contribution >= 4 is 0 Å². The number of hydrogen-bond donors (Lipinski definition) is 1. The minimum absolute atomic E-state index is 0.615. The van der Waals surface area contributed by atoms with E-state index in [0.717, 1.165) is 18.4 Å². The second-order valence-corrected chi connectivity index (χ2v) is 5.53. The van der Waals surface area contributed by atoms with Gasteiger partial charge in [-0.15, -0.1) is 0 Å². The van der Waals surface area contributed by atoms with Crippen LogP contribution in [0.2, 0.25) is 0 Å². The lowest BCUT2D eigenvalue weighted by Crippen LogP contribution is -2.37. The van der Waals surface area contributed by atoms with Crippen molar-refractivity contribution in [3.63, 3.8) is 0 Å². The Hall–Kier alpha value is -0.300. The van der Waals surface area contributed by atoms with E-state index >= 15 is 0 Å². The molecule has 94 valence electrons. The third kappa shape index (κ3) is 4.29. The molecule has 1 rings (SSSR count). The second kappa shape index (κ2) is 7.11. The van der Waals surface area contributed by atoms with E-state index in [0.29, 0.717) is 6.04 Å². The van der Waals surface area contributed by atoms with Crippen LogP contribution in [0.4, 0.5) is 0 Å². The third-order valence-electron chi connectivity index (χ3n) is 3.86. The van der Waals surface area contributed by atoms with Gasteiger partial charge in [0.25, 0.3) is 0 Å². The molecular formula is C15H29N. The molecule has 0 aromatic heterocycles. The SMILES string of the molecule is CCNC(C=C(C)C)C1CCCC(CC)C1. The van der Waals surface area contributed by atoms with Crippen LogP contribution in [0.5, 0.6) is 0 Å². The number of hydrogen-bond acceptors (Lipinski definition) is 1. The van der Waals surface area contributed by atoms with E-state index < -0.39 is 0 Å². The van der Waals surface area contributed by atoms with Crippen molar-refractivity contribution in [2.24, 2.45) is 11.8 Å². The summed E-state index contributed by atoms with van der Waals surface area (Å²) in [6, 6.07) is 0.615. The van der Waals surface area contributed by atoms with Crippen molar-refractivity contribution in [3.05, 3.63) is 11.6 Å². The van der Waals surface area contributed by atoms with E-state index in [1.807, 2.05) is 0 Å². The number of allylic oxidation sites excluding steroid dienone is 1. The molecule has 1 nitrogen and oxygen atoms in total. The van der Waals surface area contributed by atoms with Gasteiger partial charge in [-0.05, 0) is 45.1 Å². The third-order valence-corrected chi connectivity index (χ3v) is 3.86. The Morgan fingerprint density at radius 3 is 2.62 bits per heavy atom. The number of rotatable bonds is 5. The van der Waals surface area contributed by atoms with E-state index in [1.54, 1.807) is 0 Å². The summed E-state index contributed by atoms with van der Waals surface area (Å²) < 4.78 is 0. The molecule has 0 saturated heterocycles. The molecule has 1 fully saturated rings. The summed E-state index contributed by atoms with van der Waals surface area (Å²) in [5.41, 5.74) is 1.45. The van der Waals surface area contributed by atoms with Gasteiger partial charge in [-0.25, -0.2) is 0 Å². The molecule has 0 aliphatic heterocycles. The first kappa shape index (κ1) is 13.8. The fraction of sp³-hybridized carbons (Fsp3) is 0.867. The van der Waals surface area contributed by atoms with Crippen LogP contribution in [0, 0.1) is 11.8 Å². The topological polar surface area (TPSA) is 12.0 Å². The predicted molar refractivity (Wildman–Crippen MR) is 72.6 cm³/mol. The Morgan fingerprint density at radius 2 is 2.06 bits per heavy atom. The molecule has 0 aromatic rings. The molecule has 1 saturated carbocycles. The van der Waals surface area contributed by atoms with Gasteiger partial charge < -0.3 is 5.32 Å². The molecule has 1 aliphatic carbocycles. The highest BCUT2D eigenvalue weighted by Crippen LogP contribution is 2.33. The summed E-state index contributed by atoms with van der Waals surface area (Å²) in [4.78, 5) is 0. The molecule has 0 radical (unpaired) electrons. The molecule has 1 heteroatoms. The molecule has 0 heterocycles. The molecule has 16 heavy (non-hydrogen) atoms. The van der Waals surface area contributed by atoms with Crippen LogP contribution < -0.4 is 5.32 Å². The molecule has 0 aromatic carbocycles. The van der Waals surface area contributed by atoms with Crippen LogP contribution in [-0.4, -0.2) is 12.6 Å². The smallest absolute Gasteiger partial charge is 0.0280 e. The fourth-order valence-corrected chi connectivity index (χ4v) is 2.99. The van der Waals surface area contributed by atoms with E-state index in [9.17, 15) is 0 Å². The van der Waals surface area contributed by atoms with Crippen molar-refractivity contribution in [1.29, 1.82) is 0 Å². The molecule has 1 aliphatic rings. The first-order valence-corrected chi connectivity index (χ1v) is 7.05. The zero-order valence-corrected chi connectivity index (χ0v) is 11.6. The van der Waals surface area contributed by atoms with Gasteiger partial charge in [-0.2, -0.15) is 0 Å². The van der Waals surface area contributed by atoms with Gasteiger partial charge in [0.1, 0.15) is 0 Å². The molecule has 0 amide bonds. The normalized spacial score (nSPS) is 27.5. The van der Waals surface area contributed by atoms with Crippen LogP contribution in [0.25, 0.3) is 0 Å². The molecule has 3 atom stereocenters. The Balaban J connectivity index is 2.59. The van der Waals surface area contributed by atoms with Gasteiger partial charge in [0.2, 0.25) is 0 Å². The van der Waals surface area contributed by atoms with E-state index in [4.69, 9.17) is 0 Å². The van der Waals surface area contributed by atoms with E-state index in [2.05, 4.69) is 39.1 Å². The molecule has 0 spiro atoms. The van der Waals surface area contributed by atoms with Gasteiger partial charge in [-0.3, -0.25) is 0 Å². The lowest BCUT2D eigenvalue weighted by molar-refractivity contribution is 0.229. The zero-order chi connectivity index (χ0) is 12.0. The Morgan fingerprint density at radius 1 is 1.31 bits per heavy atom. The Labute approximate surface area is 102 Å². The molecule has 0 bridgehead atoms. The summed E-state index contributed by atoms with van der Waals surface area (Å²) in [6.45, 7) is 10.1. The van der Waals surface area contributed by atoms with Crippen LogP contribution in [-0.2, 0) is 0 Å². The molecule has 3 unspecified atom stereocenters. The average Bonchev–Trinajstić information content (AvgIpc) is 2.28. The quantitative estimate of drug-likeness (QED) is 0.691. The maximum absolute atomic E-state index is 3.65. The number of likely N-dealkylation sites (N-methyl/N-ethyl adjacent to an activating group) is 1. The monoisotopic (exact) mass is 223 g/mol. The Kier molecular flexibility index (Phi) is 6.12. The zero-order valence-electron chi connectivity index (χ0n) is 11.6. The highest BCUT2D eigenvalue weighted by molar-refractivity contribution is 5.04. The fourth-order valence-electron chi connectivity index (χ4n) is 2.99. The number of nitrogens with one attached hydrogen (secondary N) is 1. The van der Waals surface area contributed by atoms with Gasteiger partial charge in [0.15, 0.2) is 0 Å². The van der Waals surface area contributed by atoms with Gasteiger partial charge in [0, 0.05) is 6.04 Å². The summed E-state index contributed by atoms with van der Waals surface area (Å²) in [5.74, 6) is 1.85. The molecule has 1 N–H and O–H groups in total. The first-order valence-electron chi connectivity index (χ1n) is 7.05. The van der Waals surface area contributed by atoms with Crippen molar-refractivity contribution < 1.29 is 0 Å². The summed E-state index contributed by atoms with van der Waals surface area (Å²) in [5, 5.41) is 3.65. The van der Waals surface area contributed by atoms with Crippen LogP contribution >= 0.6 is 0 Å². The summed E-state index contributed by atoms with van der Waals surface area (Å²) >= 11 is 0. The predicted octanol–water partition coefficient (Wildman–Crippen LogP) is 4.15. The van der Waals surface area contributed by atoms with E-state index in [1.165, 1.54) is 37.7 Å². The standard InChI is InChI=1S/C15H29N/c1-5-13-8-7-9-14(11-13)15(16-6-2)10-12(3)4/h10,13-16H,5-9,11H2,1-4H3. The lowest BCUT2D eigenvalue weighted by Gasteiger charge is -2.33. The largest absolute Gasteiger partial charge is 0.311 e. The van der Waals surface area contributed by atoms with Gasteiger partial charge in [0.05, 0.1) is 0 Å². The lowest BCUT2D eigenvalue weighted by atomic mass is 9.76. The average molecular weight is 223 g/mol. The maximum atomic E-state index is 3.65. The van der Waals surface area contributed by atoms with Crippen molar-refractivity contribution in [2.75, 3.05) is 6.54 Å². The van der Waals surface area contributed by atoms with Crippen molar-refractivity contribution in [1.82, 2.24) is 5.32 Å². The van der Waals surface area contributed by atoms with Crippen molar-refractivity contribution in [3.8, 4) is 0 Å². The minimum atomic E-state index is 0.615. The maximum Gasteiger partial charge on any atom is 0.0280 e. The van der Waals surface area contributed by atoms with Crippen LogP contribution in [0.3, 0.4) is 0 Å². The minimum Gasteiger partial charge on any atom is -0.311 e. The Bertz CT molecular complexity index is 215. The van der Waals surface area contributed by atoms with Crippen LogP contribution in [0.15, 0.2) is 11.6 Å². The van der Waals surface area contributed by atoms with E-state index in [-0.39, 0.29) is 0 Å².